The lowest BCUT2D eigenvalue weighted by molar-refractivity contribution is 0.246. The van der Waals surface area contributed by atoms with Gasteiger partial charge in [0.15, 0.2) is 0 Å². The van der Waals surface area contributed by atoms with Crippen LogP contribution in [0.1, 0.15) is 12.1 Å². The number of aromatic nitrogens is 4. The highest BCUT2D eigenvalue weighted by Crippen LogP contribution is 2.09. The van der Waals surface area contributed by atoms with E-state index < -0.39 is 0 Å². The van der Waals surface area contributed by atoms with Crippen molar-refractivity contribution in [1.82, 2.24) is 29.8 Å². The van der Waals surface area contributed by atoms with Gasteiger partial charge in [0.2, 0.25) is 0 Å². The number of nitrogens with zero attached hydrogens (tertiary/aromatic N) is 4. The number of aromatic amines is 1. The molecule has 96 valence electrons. The largest absolute Gasteiger partial charge is 0.315 e. The fourth-order valence-corrected chi connectivity index (χ4v) is 2.35. The summed E-state index contributed by atoms with van der Waals surface area (Å²) in [4.78, 5) is 22.4. The van der Waals surface area contributed by atoms with Crippen LogP contribution in [0.2, 0.25) is 0 Å². The first-order chi connectivity index (χ1) is 8.74. The van der Waals surface area contributed by atoms with Gasteiger partial charge < -0.3 is 5.32 Å². The molecule has 1 unspecified atom stereocenters. The van der Waals surface area contributed by atoms with Crippen LogP contribution in [0.25, 0.3) is 5.78 Å². The van der Waals surface area contributed by atoms with Crippen molar-refractivity contribution in [3.05, 3.63) is 28.4 Å². The summed E-state index contributed by atoms with van der Waals surface area (Å²) in [6.07, 6.45) is 2.61. The average molecular weight is 248 g/mol. The van der Waals surface area contributed by atoms with E-state index in [1.807, 2.05) is 0 Å². The lowest BCUT2D eigenvalue weighted by Crippen LogP contribution is -2.33. The summed E-state index contributed by atoms with van der Waals surface area (Å²) in [7, 11) is 2.06. The molecule has 18 heavy (non-hydrogen) atoms. The molecule has 3 rings (SSSR count). The minimum absolute atomic E-state index is 0.120. The van der Waals surface area contributed by atoms with E-state index in [-0.39, 0.29) is 5.56 Å². The summed E-state index contributed by atoms with van der Waals surface area (Å²) < 4.78 is 1.33. The Morgan fingerprint density at radius 1 is 1.61 bits per heavy atom. The predicted octanol–water partition coefficient (Wildman–Crippen LogP) is -0.789. The summed E-state index contributed by atoms with van der Waals surface area (Å²) in [6, 6.07) is 2.08. The second kappa shape index (κ2) is 4.51. The number of nitrogens with one attached hydrogen (secondary N) is 2. The van der Waals surface area contributed by atoms with Gasteiger partial charge in [0, 0.05) is 25.2 Å². The van der Waals surface area contributed by atoms with Gasteiger partial charge in [0.05, 0.1) is 5.69 Å². The zero-order valence-electron chi connectivity index (χ0n) is 10.3. The van der Waals surface area contributed by atoms with E-state index >= 15 is 0 Å². The summed E-state index contributed by atoms with van der Waals surface area (Å²) in [6.45, 7) is 2.73. The van der Waals surface area contributed by atoms with E-state index in [1.54, 1.807) is 6.07 Å². The van der Waals surface area contributed by atoms with Crippen molar-refractivity contribution in [3.63, 3.8) is 0 Å². The number of H-pyrrole nitrogens is 1. The zero-order chi connectivity index (χ0) is 12.5. The highest BCUT2D eigenvalue weighted by molar-refractivity contribution is 5.25. The summed E-state index contributed by atoms with van der Waals surface area (Å²) in [5.74, 6) is 0.426. The molecule has 1 saturated heterocycles. The number of fused-ring (bicyclic) bond motifs is 1. The lowest BCUT2D eigenvalue weighted by atomic mass is 10.2. The maximum Gasteiger partial charge on any atom is 0.274 e. The highest BCUT2D eigenvalue weighted by atomic mass is 16.1. The van der Waals surface area contributed by atoms with Gasteiger partial charge in [-0.3, -0.25) is 14.8 Å². The standard InChI is InChI=1S/C11H16N6O/c1-16(9-2-3-12-5-9)6-8-4-10(18)17-11(15-8)13-7-14-17/h4,7,9,12H,2-3,5-6H2,1H3,(H,13,14,15). The quantitative estimate of drug-likeness (QED) is 0.744. The SMILES string of the molecule is CN(Cc1cc(=O)n2[nH]cnc2n1)C1CCNC1. The molecule has 2 aromatic rings. The van der Waals surface area contributed by atoms with E-state index in [2.05, 4.69) is 32.3 Å². The number of hydrogen-bond donors (Lipinski definition) is 2. The first kappa shape index (κ1) is 11.4. The highest BCUT2D eigenvalue weighted by Gasteiger charge is 2.19. The molecular formula is C11H16N6O. The summed E-state index contributed by atoms with van der Waals surface area (Å²) in [5.41, 5.74) is 0.645. The smallest absolute Gasteiger partial charge is 0.274 e. The normalized spacial score (nSPS) is 20.0. The topological polar surface area (TPSA) is 78.3 Å². The molecular weight excluding hydrogens is 232 g/mol. The van der Waals surface area contributed by atoms with Crippen molar-refractivity contribution in [2.24, 2.45) is 0 Å². The Bertz CT molecular complexity index is 597. The minimum Gasteiger partial charge on any atom is -0.315 e. The minimum atomic E-state index is -0.120. The molecule has 1 fully saturated rings. The van der Waals surface area contributed by atoms with Gasteiger partial charge in [-0.25, -0.2) is 9.97 Å². The van der Waals surface area contributed by atoms with Crippen LogP contribution >= 0.6 is 0 Å². The zero-order valence-corrected chi connectivity index (χ0v) is 10.3. The van der Waals surface area contributed by atoms with Crippen LogP contribution in [0, 0.1) is 0 Å². The van der Waals surface area contributed by atoms with Gasteiger partial charge >= 0.3 is 0 Å². The van der Waals surface area contributed by atoms with Crippen molar-refractivity contribution in [2.75, 3.05) is 20.1 Å². The molecule has 7 heteroatoms. The van der Waals surface area contributed by atoms with E-state index in [4.69, 9.17) is 0 Å². The molecule has 0 saturated carbocycles. The Morgan fingerprint density at radius 3 is 3.28 bits per heavy atom. The van der Waals surface area contributed by atoms with Crippen LogP contribution in [0.4, 0.5) is 0 Å². The van der Waals surface area contributed by atoms with Crippen LogP contribution in [-0.4, -0.2) is 50.7 Å². The molecule has 0 amide bonds. The van der Waals surface area contributed by atoms with Crippen LogP contribution in [0.15, 0.2) is 17.2 Å². The maximum absolute atomic E-state index is 11.8. The van der Waals surface area contributed by atoms with Gasteiger partial charge in [0.25, 0.3) is 11.3 Å². The molecule has 0 aliphatic carbocycles. The van der Waals surface area contributed by atoms with E-state index in [0.29, 0.717) is 18.4 Å². The van der Waals surface area contributed by atoms with Crippen molar-refractivity contribution in [3.8, 4) is 0 Å². The number of hydrogen-bond acceptors (Lipinski definition) is 5. The molecule has 3 heterocycles. The van der Waals surface area contributed by atoms with E-state index in [9.17, 15) is 4.79 Å². The average Bonchev–Trinajstić information content (AvgIpc) is 2.99. The van der Waals surface area contributed by atoms with Crippen LogP contribution < -0.4 is 10.9 Å². The molecule has 0 spiro atoms. The van der Waals surface area contributed by atoms with Crippen LogP contribution in [0.5, 0.6) is 0 Å². The van der Waals surface area contributed by atoms with Crippen LogP contribution in [0.3, 0.4) is 0 Å². The van der Waals surface area contributed by atoms with Crippen molar-refractivity contribution in [1.29, 1.82) is 0 Å². The van der Waals surface area contributed by atoms with E-state index in [1.165, 1.54) is 10.8 Å². The lowest BCUT2D eigenvalue weighted by Gasteiger charge is -2.22. The Balaban J connectivity index is 1.83. The molecule has 0 aromatic carbocycles. The number of rotatable bonds is 3. The molecule has 1 aliphatic rings. The summed E-state index contributed by atoms with van der Waals surface area (Å²) >= 11 is 0. The molecule has 2 aromatic heterocycles. The van der Waals surface area contributed by atoms with Crippen molar-refractivity contribution in [2.45, 2.75) is 19.0 Å². The second-order valence-electron chi connectivity index (χ2n) is 4.67. The molecule has 0 radical (unpaired) electrons. The fraction of sp³-hybridized carbons (Fsp3) is 0.545. The third-order valence-electron chi connectivity index (χ3n) is 3.39. The van der Waals surface area contributed by atoms with Gasteiger partial charge in [-0.1, -0.05) is 0 Å². The monoisotopic (exact) mass is 248 g/mol. The van der Waals surface area contributed by atoms with Gasteiger partial charge in [-0.05, 0) is 20.0 Å². The Morgan fingerprint density at radius 2 is 2.50 bits per heavy atom. The first-order valence-corrected chi connectivity index (χ1v) is 6.07. The molecule has 2 N–H and O–H groups in total. The van der Waals surface area contributed by atoms with E-state index in [0.717, 1.165) is 25.2 Å². The van der Waals surface area contributed by atoms with Gasteiger partial charge in [-0.15, -0.1) is 0 Å². The Hall–Kier alpha value is -1.73. The third kappa shape index (κ3) is 2.02. The van der Waals surface area contributed by atoms with Gasteiger partial charge in [0.1, 0.15) is 6.33 Å². The molecule has 7 nitrogen and oxygen atoms in total. The third-order valence-corrected chi connectivity index (χ3v) is 3.39. The van der Waals surface area contributed by atoms with Gasteiger partial charge in [-0.2, -0.15) is 4.52 Å². The Kier molecular flexibility index (Phi) is 2.85. The molecule has 1 atom stereocenters. The summed E-state index contributed by atoms with van der Waals surface area (Å²) in [5, 5.41) is 6.06. The first-order valence-electron chi connectivity index (χ1n) is 6.07. The number of likely N-dealkylation sites (N-methyl/N-ethyl adjacent to an activating group) is 1. The van der Waals surface area contributed by atoms with Crippen molar-refractivity contribution >= 4 is 5.78 Å². The molecule has 1 aliphatic heterocycles. The fourth-order valence-electron chi connectivity index (χ4n) is 2.35. The Labute approximate surface area is 104 Å². The molecule has 0 bridgehead atoms. The second-order valence-corrected chi connectivity index (χ2v) is 4.67. The van der Waals surface area contributed by atoms with Crippen LogP contribution in [-0.2, 0) is 6.54 Å². The maximum atomic E-state index is 11.8. The van der Waals surface area contributed by atoms with Crippen molar-refractivity contribution < 1.29 is 0 Å². The predicted molar refractivity (Wildman–Crippen MR) is 66.3 cm³/mol.